The van der Waals surface area contributed by atoms with E-state index in [0.717, 1.165) is 18.8 Å². The lowest BCUT2D eigenvalue weighted by molar-refractivity contribution is 0.586. The molecule has 2 aromatic rings. The van der Waals surface area contributed by atoms with Gasteiger partial charge < -0.3 is 10.2 Å². The van der Waals surface area contributed by atoms with Crippen molar-refractivity contribution in [3.8, 4) is 0 Å². The van der Waals surface area contributed by atoms with Gasteiger partial charge >= 0.3 is 0 Å². The van der Waals surface area contributed by atoms with Crippen molar-refractivity contribution in [1.29, 1.82) is 0 Å². The number of hydrogen-bond acceptors (Lipinski definition) is 2. The number of nitrogens with one attached hydrogen (secondary N) is 1. The predicted molar refractivity (Wildman–Crippen MR) is 86.9 cm³/mol. The number of hydrogen-bond donors (Lipinski definition) is 1. The molecule has 2 nitrogen and oxygen atoms in total. The third-order valence-corrected chi connectivity index (χ3v) is 3.49. The van der Waals surface area contributed by atoms with Crippen LogP contribution >= 0.6 is 0 Å². The van der Waals surface area contributed by atoms with E-state index in [2.05, 4.69) is 48.3 Å². The van der Waals surface area contributed by atoms with Gasteiger partial charge in [-0.3, -0.25) is 0 Å². The molecular formula is C18H23FN2. The minimum absolute atomic E-state index is 0.200. The first-order chi connectivity index (χ1) is 10.1. The van der Waals surface area contributed by atoms with Crippen LogP contribution in [0.15, 0.2) is 48.5 Å². The van der Waals surface area contributed by atoms with Crippen molar-refractivity contribution in [2.75, 3.05) is 11.9 Å². The van der Waals surface area contributed by atoms with E-state index in [0.29, 0.717) is 6.04 Å². The Morgan fingerprint density at radius 1 is 1.00 bits per heavy atom. The van der Waals surface area contributed by atoms with Gasteiger partial charge in [0.25, 0.3) is 0 Å². The number of halogens is 1. The summed E-state index contributed by atoms with van der Waals surface area (Å²) in [5.74, 6) is -0.200. The maximum atomic E-state index is 13.0. The summed E-state index contributed by atoms with van der Waals surface area (Å²) in [6, 6.07) is 15.5. The quantitative estimate of drug-likeness (QED) is 0.864. The Bertz CT molecular complexity index is 564. The molecule has 0 amide bonds. The first-order valence-corrected chi connectivity index (χ1v) is 7.33. The van der Waals surface area contributed by atoms with Gasteiger partial charge in [-0.2, -0.15) is 0 Å². The van der Waals surface area contributed by atoms with Crippen molar-refractivity contribution in [3.05, 3.63) is 65.5 Å². The highest BCUT2D eigenvalue weighted by molar-refractivity contribution is 5.46. The lowest BCUT2D eigenvalue weighted by atomic mass is 10.1. The fraction of sp³-hybridized carbons (Fsp3) is 0.333. The number of benzene rings is 2. The molecule has 0 saturated carbocycles. The van der Waals surface area contributed by atoms with E-state index < -0.39 is 0 Å². The number of rotatable bonds is 6. The lowest BCUT2D eigenvalue weighted by Crippen LogP contribution is -2.24. The third-order valence-electron chi connectivity index (χ3n) is 3.49. The molecule has 21 heavy (non-hydrogen) atoms. The highest BCUT2D eigenvalue weighted by Gasteiger charge is 2.07. The van der Waals surface area contributed by atoms with E-state index in [1.807, 2.05) is 19.2 Å². The van der Waals surface area contributed by atoms with Gasteiger partial charge in [-0.15, -0.1) is 0 Å². The van der Waals surface area contributed by atoms with Crippen molar-refractivity contribution in [1.82, 2.24) is 5.32 Å². The summed E-state index contributed by atoms with van der Waals surface area (Å²) < 4.78 is 13.0. The second-order valence-corrected chi connectivity index (χ2v) is 5.64. The fourth-order valence-corrected chi connectivity index (χ4v) is 2.24. The molecule has 0 heterocycles. The summed E-state index contributed by atoms with van der Waals surface area (Å²) in [5, 5.41) is 3.45. The molecule has 1 N–H and O–H groups in total. The first-order valence-electron chi connectivity index (χ1n) is 7.33. The molecule has 0 unspecified atom stereocenters. The lowest BCUT2D eigenvalue weighted by Gasteiger charge is -2.21. The molecule has 112 valence electrons. The van der Waals surface area contributed by atoms with Gasteiger partial charge in [0.2, 0.25) is 0 Å². The Kier molecular flexibility index (Phi) is 5.34. The van der Waals surface area contributed by atoms with Crippen molar-refractivity contribution < 1.29 is 4.39 Å². The van der Waals surface area contributed by atoms with Crippen molar-refractivity contribution in [3.63, 3.8) is 0 Å². The van der Waals surface area contributed by atoms with Crippen LogP contribution in [-0.2, 0) is 13.1 Å². The molecule has 2 rings (SSSR count). The summed E-state index contributed by atoms with van der Waals surface area (Å²) in [6.45, 7) is 5.97. The Morgan fingerprint density at radius 3 is 2.24 bits per heavy atom. The zero-order chi connectivity index (χ0) is 15.2. The summed E-state index contributed by atoms with van der Waals surface area (Å²) in [5.41, 5.74) is 3.61. The standard InChI is InChI=1S/C18H23FN2/c1-14(2)20-12-15-6-4-5-7-16(15)13-21(3)18-10-8-17(19)9-11-18/h4-11,14,20H,12-13H2,1-3H3. The molecule has 0 aliphatic carbocycles. The monoisotopic (exact) mass is 286 g/mol. The highest BCUT2D eigenvalue weighted by Crippen LogP contribution is 2.18. The van der Waals surface area contributed by atoms with E-state index >= 15 is 0 Å². The van der Waals surface area contributed by atoms with Crippen LogP contribution in [-0.4, -0.2) is 13.1 Å². The van der Waals surface area contributed by atoms with Crippen LogP contribution in [0.25, 0.3) is 0 Å². The molecule has 0 aliphatic heterocycles. The van der Waals surface area contributed by atoms with Gasteiger partial charge in [0.15, 0.2) is 0 Å². The largest absolute Gasteiger partial charge is 0.370 e. The molecule has 0 spiro atoms. The molecule has 3 heteroatoms. The van der Waals surface area contributed by atoms with Crippen LogP contribution in [0.2, 0.25) is 0 Å². The maximum absolute atomic E-state index is 13.0. The molecule has 2 aromatic carbocycles. The second kappa shape index (κ2) is 7.23. The van der Waals surface area contributed by atoms with E-state index in [1.54, 1.807) is 0 Å². The van der Waals surface area contributed by atoms with Crippen molar-refractivity contribution in [2.45, 2.75) is 33.0 Å². The van der Waals surface area contributed by atoms with E-state index in [4.69, 9.17) is 0 Å². The molecule has 0 atom stereocenters. The average Bonchev–Trinajstić information content (AvgIpc) is 2.47. The van der Waals surface area contributed by atoms with E-state index in [9.17, 15) is 4.39 Å². The third kappa shape index (κ3) is 4.57. The number of anilines is 1. The van der Waals surface area contributed by atoms with Crippen LogP contribution in [0, 0.1) is 5.82 Å². The van der Waals surface area contributed by atoms with Crippen LogP contribution < -0.4 is 10.2 Å². The number of nitrogens with zero attached hydrogens (tertiary/aromatic N) is 1. The zero-order valence-corrected chi connectivity index (χ0v) is 12.9. The molecule has 0 saturated heterocycles. The summed E-state index contributed by atoms with van der Waals surface area (Å²) in [4.78, 5) is 2.13. The van der Waals surface area contributed by atoms with Crippen LogP contribution in [0.5, 0.6) is 0 Å². The molecule has 0 aromatic heterocycles. The fourth-order valence-electron chi connectivity index (χ4n) is 2.24. The predicted octanol–water partition coefficient (Wildman–Crippen LogP) is 3.96. The zero-order valence-electron chi connectivity index (χ0n) is 12.9. The minimum atomic E-state index is -0.200. The Morgan fingerprint density at radius 2 is 1.62 bits per heavy atom. The normalized spacial score (nSPS) is 10.9. The summed E-state index contributed by atoms with van der Waals surface area (Å²) >= 11 is 0. The molecule has 0 aliphatic rings. The van der Waals surface area contributed by atoms with Gasteiger partial charge in [-0.1, -0.05) is 38.1 Å². The minimum Gasteiger partial charge on any atom is -0.370 e. The molecule has 0 bridgehead atoms. The second-order valence-electron chi connectivity index (χ2n) is 5.64. The maximum Gasteiger partial charge on any atom is 0.123 e. The summed E-state index contributed by atoms with van der Waals surface area (Å²) in [7, 11) is 2.03. The van der Waals surface area contributed by atoms with Crippen LogP contribution in [0.3, 0.4) is 0 Å². The molecule has 0 fully saturated rings. The van der Waals surface area contributed by atoms with E-state index in [1.165, 1.54) is 23.3 Å². The topological polar surface area (TPSA) is 15.3 Å². The highest BCUT2D eigenvalue weighted by atomic mass is 19.1. The van der Waals surface area contributed by atoms with Gasteiger partial charge in [0.1, 0.15) is 5.82 Å². The Labute approximate surface area is 126 Å². The summed E-state index contributed by atoms with van der Waals surface area (Å²) in [6.07, 6.45) is 0. The molecular weight excluding hydrogens is 263 g/mol. The van der Waals surface area contributed by atoms with Crippen molar-refractivity contribution in [2.24, 2.45) is 0 Å². The van der Waals surface area contributed by atoms with Gasteiger partial charge in [-0.05, 0) is 35.4 Å². The van der Waals surface area contributed by atoms with E-state index in [-0.39, 0.29) is 5.82 Å². The average molecular weight is 286 g/mol. The molecule has 0 radical (unpaired) electrons. The van der Waals surface area contributed by atoms with Gasteiger partial charge in [0.05, 0.1) is 0 Å². The SMILES string of the molecule is CC(C)NCc1ccccc1CN(C)c1ccc(F)cc1. The van der Waals surface area contributed by atoms with Gasteiger partial charge in [-0.25, -0.2) is 4.39 Å². The van der Waals surface area contributed by atoms with Crippen molar-refractivity contribution >= 4 is 5.69 Å². The van der Waals surface area contributed by atoms with Crippen LogP contribution in [0.1, 0.15) is 25.0 Å². The van der Waals surface area contributed by atoms with Crippen LogP contribution in [0.4, 0.5) is 10.1 Å². The smallest absolute Gasteiger partial charge is 0.123 e. The Balaban J connectivity index is 2.09. The van der Waals surface area contributed by atoms with Gasteiger partial charge in [0, 0.05) is 31.9 Å². The Hall–Kier alpha value is -1.87. The first kappa shape index (κ1) is 15.5.